The number of hydrogen-bond acceptors (Lipinski definition) is 3. The average Bonchev–Trinajstić information content (AvgIpc) is 2.31. The Kier molecular flexibility index (Phi) is 6.61. The minimum Gasteiger partial charge on any atom is -0.405 e. The number of anilines is 1. The summed E-state index contributed by atoms with van der Waals surface area (Å²) in [6, 6.07) is 3.40. The fourth-order valence-corrected chi connectivity index (χ4v) is 3.21. The van der Waals surface area contributed by atoms with Crippen LogP contribution in [0.15, 0.2) is 22.7 Å². The summed E-state index contributed by atoms with van der Waals surface area (Å²) in [4.78, 5) is 0. The highest BCUT2D eigenvalue weighted by Crippen LogP contribution is 2.32. The Balaban J connectivity index is 2.75. The van der Waals surface area contributed by atoms with E-state index in [9.17, 15) is 21.6 Å². The first-order chi connectivity index (χ1) is 9.63. The number of unbranched alkanes of at least 4 members (excludes halogenated alkanes) is 1. The van der Waals surface area contributed by atoms with E-state index < -0.39 is 22.1 Å². The largest absolute Gasteiger partial charge is 0.573 e. The molecule has 0 saturated heterocycles. The molecule has 1 N–H and O–H groups in total. The van der Waals surface area contributed by atoms with Gasteiger partial charge in [-0.05, 0) is 47.0 Å². The Labute approximate surface area is 133 Å². The summed E-state index contributed by atoms with van der Waals surface area (Å²) in [7, 11) is -3.56. The minimum absolute atomic E-state index is 0.0132. The molecule has 0 saturated carbocycles. The van der Waals surface area contributed by atoms with E-state index in [1.165, 1.54) is 12.1 Å². The molecule has 1 rings (SSSR count). The molecule has 4 nitrogen and oxygen atoms in total. The van der Waals surface area contributed by atoms with E-state index >= 15 is 0 Å². The van der Waals surface area contributed by atoms with Crippen LogP contribution < -0.4 is 9.46 Å². The van der Waals surface area contributed by atoms with Gasteiger partial charge in [0.05, 0.1) is 10.2 Å². The number of sulfonamides is 1. The van der Waals surface area contributed by atoms with Gasteiger partial charge in [-0.15, -0.1) is 24.8 Å². The average molecular weight is 411 g/mol. The molecule has 0 aromatic heterocycles. The molecule has 0 bridgehead atoms. The molecular formula is C11H12BrClF3NO3S. The normalized spacial score (nSPS) is 12.2. The number of benzene rings is 1. The summed E-state index contributed by atoms with van der Waals surface area (Å²) < 4.78 is 65.8. The van der Waals surface area contributed by atoms with E-state index in [4.69, 9.17) is 11.6 Å². The summed E-state index contributed by atoms with van der Waals surface area (Å²) in [5.74, 6) is -0.199. The molecule has 21 heavy (non-hydrogen) atoms. The summed E-state index contributed by atoms with van der Waals surface area (Å²) in [5.41, 5.74) is 0.141. The Bertz CT molecular complexity index is 581. The van der Waals surface area contributed by atoms with Gasteiger partial charge in [-0.1, -0.05) is 0 Å². The van der Waals surface area contributed by atoms with E-state index in [2.05, 4.69) is 25.4 Å². The number of rotatable bonds is 7. The smallest absolute Gasteiger partial charge is 0.405 e. The minimum atomic E-state index is -4.81. The first-order valence-electron chi connectivity index (χ1n) is 5.75. The van der Waals surface area contributed by atoms with Gasteiger partial charge in [0, 0.05) is 11.6 Å². The standard InChI is InChI=1S/C11H12BrClF3NO3S/c12-9-7-8(3-4-10(9)20-11(14,15)16)17-21(18,19)6-2-1-5-13/h3-4,7,17H,1-2,5-6H2. The highest BCUT2D eigenvalue weighted by Gasteiger charge is 2.32. The zero-order chi connectivity index (χ0) is 16.1. The van der Waals surface area contributed by atoms with Crippen molar-refractivity contribution in [3.8, 4) is 5.75 Å². The second-order valence-electron chi connectivity index (χ2n) is 4.01. The van der Waals surface area contributed by atoms with Gasteiger partial charge in [0.2, 0.25) is 10.0 Å². The predicted octanol–water partition coefficient (Wildman–Crippen LogP) is 4.11. The number of alkyl halides is 4. The van der Waals surface area contributed by atoms with Gasteiger partial charge < -0.3 is 4.74 Å². The van der Waals surface area contributed by atoms with Gasteiger partial charge >= 0.3 is 6.36 Å². The summed E-state index contributed by atoms with van der Waals surface area (Å²) in [6.45, 7) is 0. The van der Waals surface area contributed by atoms with Crippen LogP contribution in [0.1, 0.15) is 12.8 Å². The van der Waals surface area contributed by atoms with Crippen molar-refractivity contribution in [2.45, 2.75) is 19.2 Å². The monoisotopic (exact) mass is 409 g/mol. The van der Waals surface area contributed by atoms with Crippen molar-refractivity contribution >= 4 is 43.2 Å². The lowest BCUT2D eigenvalue weighted by Crippen LogP contribution is -2.18. The third kappa shape index (κ3) is 7.23. The van der Waals surface area contributed by atoms with Crippen LogP contribution >= 0.6 is 27.5 Å². The quantitative estimate of drug-likeness (QED) is 0.544. The molecular weight excluding hydrogens is 399 g/mol. The van der Waals surface area contributed by atoms with Crippen LogP contribution in [-0.2, 0) is 10.0 Å². The van der Waals surface area contributed by atoms with Crippen LogP contribution in [0.2, 0.25) is 0 Å². The number of halogens is 5. The van der Waals surface area contributed by atoms with Crippen molar-refractivity contribution < 1.29 is 26.3 Å². The lowest BCUT2D eigenvalue weighted by molar-refractivity contribution is -0.274. The van der Waals surface area contributed by atoms with Crippen LogP contribution in [0.25, 0.3) is 0 Å². The Morgan fingerprint density at radius 1 is 1.29 bits per heavy atom. The van der Waals surface area contributed by atoms with Gasteiger partial charge in [-0.3, -0.25) is 4.72 Å². The molecule has 0 fully saturated rings. The van der Waals surface area contributed by atoms with Gasteiger partial charge in [0.15, 0.2) is 0 Å². The Hall–Kier alpha value is -0.670. The molecule has 0 aliphatic rings. The van der Waals surface area contributed by atoms with Crippen molar-refractivity contribution in [1.82, 2.24) is 0 Å². The van der Waals surface area contributed by atoms with Crippen LogP contribution in [0.5, 0.6) is 5.75 Å². The number of hydrogen-bond donors (Lipinski definition) is 1. The summed E-state index contributed by atoms with van der Waals surface area (Å²) in [5, 5.41) is 0. The van der Waals surface area contributed by atoms with Gasteiger partial charge in [0.1, 0.15) is 5.75 Å². The molecule has 0 atom stereocenters. The van der Waals surface area contributed by atoms with Crippen molar-refractivity contribution in [3.63, 3.8) is 0 Å². The van der Waals surface area contributed by atoms with Crippen molar-refractivity contribution in [2.24, 2.45) is 0 Å². The zero-order valence-corrected chi connectivity index (χ0v) is 13.7. The second-order valence-corrected chi connectivity index (χ2v) is 7.08. The molecule has 10 heteroatoms. The van der Waals surface area contributed by atoms with Crippen LogP contribution in [-0.4, -0.2) is 26.4 Å². The van der Waals surface area contributed by atoms with Crippen LogP contribution in [0, 0.1) is 0 Å². The first kappa shape index (κ1) is 18.4. The maximum atomic E-state index is 12.1. The molecule has 0 spiro atoms. The molecule has 0 amide bonds. The van der Waals surface area contributed by atoms with E-state index in [0.29, 0.717) is 18.7 Å². The summed E-state index contributed by atoms with van der Waals surface area (Å²) >= 11 is 8.35. The maximum Gasteiger partial charge on any atom is 0.573 e. The Morgan fingerprint density at radius 2 is 1.95 bits per heavy atom. The second kappa shape index (κ2) is 7.55. The molecule has 1 aromatic carbocycles. The van der Waals surface area contributed by atoms with Crippen LogP contribution in [0.4, 0.5) is 18.9 Å². The number of nitrogens with one attached hydrogen (secondary N) is 1. The molecule has 0 aliphatic carbocycles. The molecule has 0 aliphatic heterocycles. The molecule has 0 unspecified atom stereocenters. The fraction of sp³-hybridized carbons (Fsp3) is 0.455. The first-order valence-corrected chi connectivity index (χ1v) is 8.73. The fourth-order valence-electron chi connectivity index (χ4n) is 1.39. The third-order valence-corrected chi connectivity index (χ3v) is 4.49. The predicted molar refractivity (Wildman–Crippen MR) is 78.2 cm³/mol. The van der Waals surface area contributed by atoms with Crippen LogP contribution in [0.3, 0.4) is 0 Å². The summed E-state index contributed by atoms with van der Waals surface area (Å²) in [6.07, 6.45) is -3.86. The Morgan fingerprint density at radius 3 is 2.48 bits per heavy atom. The third-order valence-electron chi connectivity index (χ3n) is 2.23. The SMILES string of the molecule is O=S(=O)(CCCCCl)Nc1ccc(OC(F)(F)F)c(Br)c1. The van der Waals surface area contributed by atoms with E-state index in [1.54, 1.807) is 0 Å². The molecule has 0 radical (unpaired) electrons. The van der Waals surface area contributed by atoms with Crippen molar-refractivity contribution in [3.05, 3.63) is 22.7 Å². The highest BCUT2D eigenvalue weighted by molar-refractivity contribution is 9.10. The molecule has 120 valence electrons. The van der Waals surface area contributed by atoms with E-state index in [1.807, 2.05) is 0 Å². The maximum absolute atomic E-state index is 12.1. The topological polar surface area (TPSA) is 55.4 Å². The van der Waals surface area contributed by atoms with E-state index in [-0.39, 0.29) is 15.9 Å². The van der Waals surface area contributed by atoms with Gasteiger partial charge in [-0.2, -0.15) is 0 Å². The van der Waals surface area contributed by atoms with Crippen molar-refractivity contribution in [1.29, 1.82) is 0 Å². The lowest BCUT2D eigenvalue weighted by atomic mass is 10.3. The zero-order valence-electron chi connectivity index (χ0n) is 10.6. The lowest BCUT2D eigenvalue weighted by Gasteiger charge is -2.12. The number of ether oxygens (including phenoxy) is 1. The highest BCUT2D eigenvalue weighted by atomic mass is 79.9. The van der Waals surface area contributed by atoms with Crippen molar-refractivity contribution in [2.75, 3.05) is 16.4 Å². The van der Waals surface area contributed by atoms with Gasteiger partial charge in [0.25, 0.3) is 0 Å². The van der Waals surface area contributed by atoms with E-state index in [0.717, 1.165) is 6.07 Å². The molecule has 1 aromatic rings. The molecule has 0 heterocycles. The van der Waals surface area contributed by atoms with Gasteiger partial charge in [-0.25, -0.2) is 8.42 Å².